The fraction of sp³-hybridized carbons (Fsp3) is 0.188. The lowest BCUT2D eigenvalue weighted by atomic mass is 10.0. The van der Waals surface area contributed by atoms with E-state index in [0.29, 0.717) is 33.0 Å². The summed E-state index contributed by atoms with van der Waals surface area (Å²) in [5.41, 5.74) is 1.12. The normalized spacial score (nSPS) is 10.5. The lowest BCUT2D eigenvalue weighted by molar-refractivity contribution is 0.0993. The first-order chi connectivity index (χ1) is 10.0. The molecule has 0 radical (unpaired) electrons. The number of carbonyl (C=O) groups is 1. The number of hydrogen-bond acceptors (Lipinski definition) is 2. The number of benzene rings is 2. The van der Waals surface area contributed by atoms with Crippen molar-refractivity contribution in [2.24, 2.45) is 0 Å². The average Bonchev–Trinajstić information content (AvgIpc) is 2.45. The van der Waals surface area contributed by atoms with Crippen LogP contribution in [0.5, 0.6) is 5.75 Å². The van der Waals surface area contributed by atoms with Crippen molar-refractivity contribution in [1.82, 2.24) is 0 Å². The second-order valence-electron chi connectivity index (χ2n) is 4.39. The number of carbonyl (C=O) groups excluding carboxylic acids is 1. The van der Waals surface area contributed by atoms with E-state index in [1.54, 1.807) is 12.1 Å². The highest BCUT2D eigenvalue weighted by Gasteiger charge is 2.16. The van der Waals surface area contributed by atoms with Crippen LogP contribution in [0.1, 0.15) is 22.8 Å². The Balaban J connectivity index is 2.28. The number of Topliss-reactive ketones (excluding diaryl/α,β-unsaturated/α-hetero) is 1. The zero-order chi connectivity index (χ0) is 15.4. The Morgan fingerprint density at radius 1 is 1.05 bits per heavy atom. The highest BCUT2D eigenvalue weighted by Crippen LogP contribution is 2.32. The largest absolute Gasteiger partial charge is 0.492 e. The summed E-state index contributed by atoms with van der Waals surface area (Å²) in [6, 6.07) is 10.3. The van der Waals surface area contributed by atoms with Gasteiger partial charge in [0.15, 0.2) is 5.78 Å². The van der Waals surface area contributed by atoms with Gasteiger partial charge in [-0.15, -0.1) is 0 Å². The van der Waals surface area contributed by atoms with E-state index in [1.807, 2.05) is 25.1 Å². The summed E-state index contributed by atoms with van der Waals surface area (Å²) in [5, 5.41) is 1.24. The molecule has 5 heteroatoms. The van der Waals surface area contributed by atoms with E-state index in [0.717, 1.165) is 5.56 Å². The molecule has 0 aromatic heterocycles. The maximum Gasteiger partial charge on any atom is 0.168 e. The third-order valence-corrected chi connectivity index (χ3v) is 3.91. The van der Waals surface area contributed by atoms with Gasteiger partial charge in [-0.2, -0.15) is 0 Å². The minimum Gasteiger partial charge on any atom is -0.492 e. The van der Waals surface area contributed by atoms with Gasteiger partial charge in [0.1, 0.15) is 5.75 Å². The molecule has 0 spiro atoms. The van der Waals surface area contributed by atoms with Crippen molar-refractivity contribution in [2.75, 3.05) is 6.61 Å². The summed E-state index contributed by atoms with van der Waals surface area (Å²) in [4.78, 5) is 12.4. The van der Waals surface area contributed by atoms with Gasteiger partial charge in [0.05, 0.1) is 16.7 Å². The van der Waals surface area contributed by atoms with Crippen LogP contribution in [0.4, 0.5) is 0 Å². The summed E-state index contributed by atoms with van der Waals surface area (Å²) in [6.07, 6.45) is 0.170. The zero-order valence-electron chi connectivity index (χ0n) is 11.3. The summed E-state index contributed by atoms with van der Waals surface area (Å²) in [7, 11) is 0. The van der Waals surface area contributed by atoms with Crippen LogP contribution in [-0.2, 0) is 6.42 Å². The van der Waals surface area contributed by atoms with Gasteiger partial charge in [0, 0.05) is 23.1 Å². The van der Waals surface area contributed by atoms with E-state index in [-0.39, 0.29) is 12.2 Å². The van der Waals surface area contributed by atoms with Crippen LogP contribution in [0.25, 0.3) is 0 Å². The molecule has 0 atom stereocenters. The van der Waals surface area contributed by atoms with Gasteiger partial charge in [0.25, 0.3) is 0 Å². The van der Waals surface area contributed by atoms with Crippen molar-refractivity contribution in [2.45, 2.75) is 13.3 Å². The zero-order valence-corrected chi connectivity index (χ0v) is 13.6. The molecule has 0 aliphatic rings. The van der Waals surface area contributed by atoms with Gasteiger partial charge in [-0.1, -0.05) is 53.0 Å². The van der Waals surface area contributed by atoms with E-state index in [2.05, 4.69) is 0 Å². The van der Waals surface area contributed by atoms with Gasteiger partial charge in [-0.05, 0) is 24.6 Å². The van der Waals surface area contributed by atoms with Crippen LogP contribution in [0.2, 0.25) is 15.1 Å². The van der Waals surface area contributed by atoms with Crippen molar-refractivity contribution < 1.29 is 9.53 Å². The lowest BCUT2D eigenvalue weighted by Crippen LogP contribution is -2.05. The fourth-order valence-electron chi connectivity index (χ4n) is 1.92. The number of halogens is 3. The first-order valence-corrected chi connectivity index (χ1v) is 7.54. The molecule has 21 heavy (non-hydrogen) atoms. The van der Waals surface area contributed by atoms with Crippen molar-refractivity contribution in [3.8, 4) is 5.75 Å². The van der Waals surface area contributed by atoms with Crippen LogP contribution >= 0.6 is 34.8 Å². The Bertz CT molecular complexity index is 669. The highest BCUT2D eigenvalue weighted by atomic mass is 35.5. The molecule has 2 rings (SSSR count). The van der Waals surface area contributed by atoms with Crippen molar-refractivity contribution >= 4 is 40.6 Å². The van der Waals surface area contributed by atoms with E-state index in [1.165, 1.54) is 6.07 Å². The number of ketones is 1. The highest BCUT2D eigenvalue weighted by molar-refractivity contribution is 6.37. The van der Waals surface area contributed by atoms with Crippen LogP contribution in [-0.4, -0.2) is 12.4 Å². The minimum atomic E-state index is -0.141. The molecule has 0 N–H and O–H groups in total. The molecule has 0 saturated carbocycles. The maximum atomic E-state index is 12.4. The molecule has 0 amide bonds. The third kappa shape index (κ3) is 3.91. The third-order valence-electron chi connectivity index (χ3n) is 2.93. The molecule has 2 nitrogen and oxygen atoms in total. The molecule has 0 heterocycles. The fourth-order valence-corrected chi connectivity index (χ4v) is 2.60. The Hall–Kier alpha value is -1.22. The average molecular weight is 344 g/mol. The maximum absolute atomic E-state index is 12.4. The molecular weight excluding hydrogens is 331 g/mol. The summed E-state index contributed by atoms with van der Waals surface area (Å²) in [5.74, 6) is 0.330. The Morgan fingerprint density at radius 3 is 2.43 bits per heavy atom. The molecule has 0 bridgehead atoms. The van der Waals surface area contributed by atoms with Crippen molar-refractivity contribution in [3.05, 3.63) is 62.6 Å². The lowest BCUT2D eigenvalue weighted by Gasteiger charge is -2.10. The quantitative estimate of drug-likeness (QED) is 0.673. The Morgan fingerprint density at radius 2 is 1.76 bits per heavy atom. The van der Waals surface area contributed by atoms with Crippen LogP contribution in [0.3, 0.4) is 0 Å². The molecule has 0 aliphatic heterocycles. The van der Waals surface area contributed by atoms with E-state index < -0.39 is 0 Å². The van der Waals surface area contributed by atoms with Crippen molar-refractivity contribution in [3.63, 3.8) is 0 Å². The van der Waals surface area contributed by atoms with E-state index in [9.17, 15) is 4.79 Å². The van der Waals surface area contributed by atoms with Gasteiger partial charge in [0.2, 0.25) is 0 Å². The topological polar surface area (TPSA) is 26.3 Å². The number of hydrogen-bond donors (Lipinski definition) is 0. The van der Waals surface area contributed by atoms with Gasteiger partial charge in [-0.3, -0.25) is 4.79 Å². The standard InChI is InChI=1S/C16H13Cl3O2/c1-2-21-16-9-13(18)11(8-14(16)19)15(20)7-10-5-3-4-6-12(10)17/h3-6,8-9H,2,7H2,1H3. The van der Waals surface area contributed by atoms with Gasteiger partial charge in [-0.25, -0.2) is 0 Å². The smallest absolute Gasteiger partial charge is 0.168 e. The molecular formula is C16H13Cl3O2. The molecule has 0 aliphatic carbocycles. The Kier molecular flexibility index (Phi) is 5.51. The predicted octanol–water partition coefficient (Wildman–Crippen LogP) is 5.47. The summed E-state index contributed by atoms with van der Waals surface area (Å²) >= 11 is 18.3. The van der Waals surface area contributed by atoms with E-state index >= 15 is 0 Å². The molecule has 110 valence electrons. The minimum absolute atomic E-state index is 0.141. The number of ether oxygens (including phenoxy) is 1. The predicted molar refractivity (Wildman–Crippen MR) is 87.1 cm³/mol. The summed E-state index contributed by atoms with van der Waals surface area (Å²) in [6.45, 7) is 2.32. The molecule has 2 aromatic rings. The van der Waals surface area contributed by atoms with Crippen LogP contribution in [0, 0.1) is 0 Å². The second-order valence-corrected chi connectivity index (χ2v) is 5.61. The Labute approximate surface area is 138 Å². The molecule has 0 fully saturated rings. The van der Waals surface area contributed by atoms with Crippen molar-refractivity contribution in [1.29, 1.82) is 0 Å². The van der Waals surface area contributed by atoms with Crippen LogP contribution < -0.4 is 4.74 Å². The van der Waals surface area contributed by atoms with Crippen LogP contribution in [0.15, 0.2) is 36.4 Å². The summed E-state index contributed by atoms with van der Waals surface area (Å²) < 4.78 is 5.34. The molecule has 2 aromatic carbocycles. The number of rotatable bonds is 5. The second kappa shape index (κ2) is 7.17. The molecule has 0 unspecified atom stereocenters. The first-order valence-electron chi connectivity index (χ1n) is 6.41. The monoisotopic (exact) mass is 342 g/mol. The van der Waals surface area contributed by atoms with E-state index in [4.69, 9.17) is 39.5 Å². The SMILES string of the molecule is CCOc1cc(Cl)c(C(=O)Cc2ccccc2Cl)cc1Cl. The first kappa shape index (κ1) is 16.2. The van der Waals surface area contributed by atoms with Gasteiger partial charge < -0.3 is 4.74 Å². The van der Waals surface area contributed by atoms with Gasteiger partial charge >= 0.3 is 0 Å². The molecule has 0 saturated heterocycles.